The van der Waals surface area contributed by atoms with Gasteiger partial charge in [-0.25, -0.2) is 4.79 Å². The molecule has 1 heterocycles. The molecule has 1 saturated heterocycles. The van der Waals surface area contributed by atoms with Crippen LogP contribution in [0.3, 0.4) is 0 Å². The molecular weight excluding hydrogens is 342 g/mol. The first-order valence-corrected chi connectivity index (χ1v) is 9.84. The van der Waals surface area contributed by atoms with Gasteiger partial charge in [0.05, 0.1) is 0 Å². The lowest BCUT2D eigenvalue weighted by molar-refractivity contribution is -0.133. The number of aryl methyl sites for hydroxylation is 2. The largest absolute Gasteiger partial charge is 0.325 e. The van der Waals surface area contributed by atoms with Crippen molar-refractivity contribution in [1.29, 1.82) is 0 Å². The molecule has 0 aromatic heterocycles. The van der Waals surface area contributed by atoms with Crippen molar-refractivity contribution in [3.63, 3.8) is 0 Å². The molecule has 27 heavy (non-hydrogen) atoms. The Hall–Kier alpha value is -2.37. The first kappa shape index (κ1) is 20.9. The first-order chi connectivity index (χ1) is 12.8. The molecule has 1 atom stereocenters. The Kier molecular flexibility index (Phi) is 6.99. The second-order valence-electron chi connectivity index (χ2n) is 7.47. The van der Waals surface area contributed by atoms with Gasteiger partial charge in [0.1, 0.15) is 12.1 Å². The highest BCUT2D eigenvalue weighted by Crippen LogP contribution is 2.25. The number of imide groups is 1. The van der Waals surface area contributed by atoms with Gasteiger partial charge in [-0.3, -0.25) is 14.5 Å². The van der Waals surface area contributed by atoms with Crippen molar-refractivity contribution in [2.75, 3.05) is 11.9 Å². The SMILES string of the molecule is CCCCCC[C@]1(C)NC(=O)N(CC(=O)Nc2c(C)cccc2CC)C1=O. The summed E-state index contributed by atoms with van der Waals surface area (Å²) in [7, 11) is 0. The molecule has 0 aliphatic carbocycles. The number of nitrogens with one attached hydrogen (secondary N) is 2. The van der Waals surface area contributed by atoms with Crippen LogP contribution in [0, 0.1) is 6.92 Å². The van der Waals surface area contributed by atoms with Crippen molar-refractivity contribution >= 4 is 23.5 Å². The van der Waals surface area contributed by atoms with Crippen LogP contribution in [0.15, 0.2) is 18.2 Å². The molecule has 0 bridgehead atoms. The molecule has 1 fully saturated rings. The third-order valence-corrected chi connectivity index (χ3v) is 5.18. The lowest BCUT2D eigenvalue weighted by Gasteiger charge is -2.21. The minimum atomic E-state index is -0.914. The number of carbonyl (C=O) groups excluding carboxylic acids is 3. The van der Waals surface area contributed by atoms with Crippen molar-refractivity contribution in [3.8, 4) is 0 Å². The predicted octanol–water partition coefficient (Wildman–Crippen LogP) is 3.78. The second kappa shape index (κ2) is 9.02. The maximum atomic E-state index is 12.7. The van der Waals surface area contributed by atoms with Gasteiger partial charge < -0.3 is 10.6 Å². The summed E-state index contributed by atoms with van der Waals surface area (Å²) in [6.45, 7) is 7.55. The van der Waals surface area contributed by atoms with E-state index in [1.807, 2.05) is 32.0 Å². The first-order valence-electron chi connectivity index (χ1n) is 9.84. The number of rotatable bonds is 9. The zero-order valence-electron chi connectivity index (χ0n) is 16.9. The van der Waals surface area contributed by atoms with E-state index in [-0.39, 0.29) is 18.4 Å². The highest BCUT2D eigenvalue weighted by atomic mass is 16.2. The zero-order chi connectivity index (χ0) is 20.0. The molecule has 0 radical (unpaired) electrons. The van der Waals surface area contributed by atoms with Gasteiger partial charge in [-0.2, -0.15) is 0 Å². The fourth-order valence-corrected chi connectivity index (χ4v) is 3.49. The van der Waals surface area contributed by atoms with E-state index < -0.39 is 11.6 Å². The molecule has 4 amide bonds. The number of hydrogen-bond acceptors (Lipinski definition) is 3. The van der Waals surface area contributed by atoms with Gasteiger partial charge in [-0.15, -0.1) is 0 Å². The lowest BCUT2D eigenvalue weighted by atomic mass is 9.94. The lowest BCUT2D eigenvalue weighted by Crippen LogP contribution is -2.44. The van der Waals surface area contributed by atoms with E-state index in [1.165, 1.54) is 0 Å². The van der Waals surface area contributed by atoms with Crippen LogP contribution in [-0.4, -0.2) is 34.8 Å². The number of para-hydroxylation sites is 1. The summed E-state index contributed by atoms with van der Waals surface area (Å²) in [5, 5.41) is 5.64. The second-order valence-corrected chi connectivity index (χ2v) is 7.47. The molecule has 1 aliphatic rings. The van der Waals surface area contributed by atoms with E-state index in [0.29, 0.717) is 6.42 Å². The van der Waals surface area contributed by atoms with E-state index in [9.17, 15) is 14.4 Å². The Balaban J connectivity index is 2.01. The van der Waals surface area contributed by atoms with Crippen LogP contribution >= 0.6 is 0 Å². The summed E-state index contributed by atoms with van der Waals surface area (Å²) in [5.74, 6) is -0.683. The number of amides is 4. The van der Waals surface area contributed by atoms with Gasteiger partial charge in [-0.05, 0) is 37.8 Å². The molecule has 0 spiro atoms. The summed E-state index contributed by atoms with van der Waals surface area (Å²) >= 11 is 0. The summed E-state index contributed by atoms with van der Waals surface area (Å²) in [6, 6.07) is 5.35. The summed E-state index contributed by atoms with van der Waals surface area (Å²) in [5.41, 5.74) is 1.84. The quantitative estimate of drug-likeness (QED) is 0.511. The third kappa shape index (κ3) is 4.87. The Labute approximate surface area is 161 Å². The van der Waals surface area contributed by atoms with Crippen molar-refractivity contribution in [2.24, 2.45) is 0 Å². The molecule has 2 rings (SSSR count). The van der Waals surface area contributed by atoms with E-state index in [2.05, 4.69) is 17.6 Å². The van der Waals surface area contributed by atoms with Gasteiger partial charge in [0.2, 0.25) is 5.91 Å². The minimum absolute atomic E-state index is 0.271. The molecule has 2 N–H and O–H groups in total. The molecule has 0 unspecified atom stereocenters. The molecule has 0 saturated carbocycles. The van der Waals surface area contributed by atoms with E-state index in [4.69, 9.17) is 0 Å². The van der Waals surface area contributed by atoms with Crippen LogP contribution in [0.4, 0.5) is 10.5 Å². The fourth-order valence-electron chi connectivity index (χ4n) is 3.49. The predicted molar refractivity (Wildman–Crippen MR) is 107 cm³/mol. The highest BCUT2D eigenvalue weighted by Gasteiger charge is 2.47. The number of anilines is 1. The van der Waals surface area contributed by atoms with Gasteiger partial charge >= 0.3 is 6.03 Å². The van der Waals surface area contributed by atoms with Gasteiger partial charge in [0.15, 0.2) is 0 Å². The van der Waals surface area contributed by atoms with Crippen molar-refractivity contribution in [2.45, 2.75) is 71.8 Å². The minimum Gasteiger partial charge on any atom is -0.324 e. The normalized spacial score (nSPS) is 19.3. The Bertz CT molecular complexity index is 717. The number of benzene rings is 1. The van der Waals surface area contributed by atoms with Gasteiger partial charge in [-0.1, -0.05) is 57.7 Å². The Morgan fingerprint density at radius 1 is 1.19 bits per heavy atom. The standard InChI is InChI=1S/C21H31N3O3/c1-5-7-8-9-13-21(4)19(26)24(20(27)23-21)14-17(25)22-18-15(3)11-10-12-16(18)6-2/h10-12H,5-9,13-14H2,1-4H3,(H,22,25)(H,23,27)/t21-/m0/s1. The van der Waals surface area contributed by atoms with Crippen molar-refractivity contribution < 1.29 is 14.4 Å². The van der Waals surface area contributed by atoms with Crippen molar-refractivity contribution in [3.05, 3.63) is 29.3 Å². The number of urea groups is 1. The van der Waals surface area contributed by atoms with Gasteiger partial charge in [0.25, 0.3) is 5.91 Å². The van der Waals surface area contributed by atoms with E-state index in [1.54, 1.807) is 6.92 Å². The summed E-state index contributed by atoms with van der Waals surface area (Å²) in [4.78, 5) is 38.6. The molecule has 1 aromatic carbocycles. The fraction of sp³-hybridized carbons (Fsp3) is 0.571. The van der Waals surface area contributed by atoms with Crippen LogP contribution < -0.4 is 10.6 Å². The van der Waals surface area contributed by atoms with Crippen LogP contribution in [-0.2, 0) is 16.0 Å². The maximum absolute atomic E-state index is 12.7. The average Bonchev–Trinajstić information content (AvgIpc) is 2.84. The topological polar surface area (TPSA) is 78.5 Å². The van der Waals surface area contributed by atoms with E-state index >= 15 is 0 Å². The smallest absolute Gasteiger partial charge is 0.324 e. The van der Waals surface area contributed by atoms with Crippen LogP contribution in [0.2, 0.25) is 0 Å². The Morgan fingerprint density at radius 3 is 2.59 bits per heavy atom. The number of unbranched alkanes of at least 4 members (excludes halogenated alkanes) is 3. The summed E-state index contributed by atoms with van der Waals surface area (Å²) < 4.78 is 0. The zero-order valence-corrected chi connectivity index (χ0v) is 16.9. The number of nitrogens with zero attached hydrogens (tertiary/aromatic N) is 1. The average molecular weight is 373 g/mol. The monoisotopic (exact) mass is 373 g/mol. The molecule has 6 nitrogen and oxygen atoms in total. The van der Waals surface area contributed by atoms with Crippen LogP contribution in [0.25, 0.3) is 0 Å². The molecule has 1 aliphatic heterocycles. The molecule has 148 valence electrons. The van der Waals surface area contributed by atoms with Crippen LogP contribution in [0.5, 0.6) is 0 Å². The van der Waals surface area contributed by atoms with Crippen LogP contribution in [0.1, 0.15) is 64.0 Å². The number of carbonyl (C=O) groups is 3. The molecular formula is C21H31N3O3. The van der Waals surface area contributed by atoms with Crippen molar-refractivity contribution in [1.82, 2.24) is 10.2 Å². The summed E-state index contributed by atoms with van der Waals surface area (Å²) in [6.07, 6.45) is 5.51. The maximum Gasteiger partial charge on any atom is 0.325 e. The highest BCUT2D eigenvalue weighted by molar-refractivity contribution is 6.10. The van der Waals surface area contributed by atoms with E-state index in [0.717, 1.165) is 53.8 Å². The molecule has 1 aromatic rings. The molecule has 6 heteroatoms. The Morgan fingerprint density at radius 2 is 1.93 bits per heavy atom. The third-order valence-electron chi connectivity index (χ3n) is 5.18. The van der Waals surface area contributed by atoms with Gasteiger partial charge in [0, 0.05) is 5.69 Å². The number of hydrogen-bond donors (Lipinski definition) is 2.